The van der Waals surface area contributed by atoms with Gasteiger partial charge in [-0.2, -0.15) is 0 Å². The van der Waals surface area contributed by atoms with Crippen molar-refractivity contribution in [2.45, 2.75) is 71.3 Å². The van der Waals surface area contributed by atoms with Crippen LogP contribution in [0.4, 0.5) is 21.2 Å². The predicted molar refractivity (Wildman–Crippen MR) is 166 cm³/mol. The van der Waals surface area contributed by atoms with Gasteiger partial charge in [0.2, 0.25) is 0 Å². The second-order valence-corrected chi connectivity index (χ2v) is 12.1. The van der Waals surface area contributed by atoms with Gasteiger partial charge in [-0.3, -0.25) is 9.69 Å². The summed E-state index contributed by atoms with van der Waals surface area (Å²) in [5.41, 5.74) is 3.02. The summed E-state index contributed by atoms with van der Waals surface area (Å²) in [5, 5.41) is 7.36. The van der Waals surface area contributed by atoms with Crippen molar-refractivity contribution in [2.75, 3.05) is 51.8 Å². The summed E-state index contributed by atoms with van der Waals surface area (Å²) >= 11 is 1.73. The zero-order valence-corrected chi connectivity index (χ0v) is 25.6. The van der Waals surface area contributed by atoms with E-state index < -0.39 is 6.09 Å². The number of aliphatic imine (C=N–C) groups is 1. The average molecular weight is 584 g/mol. The first-order valence-electron chi connectivity index (χ1n) is 15.0. The number of benzene rings is 1. The summed E-state index contributed by atoms with van der Waals surface area (Å²) in [4.78, 5) is 35.1. The van der Waals surface area contributed by atoms with E-state index in [1.807, 2.05) is 18.2 Å². The van der Waals surface area contributed by atoms with Gasteiger partial charge in [0.05, 0.1) is 29.5 Å². The molecule has 1 atom stereocenters. The number of fused-ring (bicyclic) bond motifs is 2. The number of nitrogens with one attached hydrogen (secondary N) is 2. The molecule has 2 aliphatic rings. The molecule has 2 aliphatic heterocycles. The molecular formula is C31H45N5O4S. The van der Waals surface area contributed by atoms with E-state index in [9.17, 15) is 9.59 Å². The van der Waals surface area contributed by atoms with E-state index in [2.05, 4.69) is 53.5 Å². The molecule has 2 N–H and O–H groups in total. The maximum Gasteiger partial charge on any atom is 0.407 e. The molecule has 9 nitrogen and oxygen atoms in total. The molecule has 2 aromatic rings. The van der Waals surface area contributed by atoms with Gasteiger partial charge in [-0.05, 0) is 38.6 Å². The summed E-state index contributed by atoms with van der Waals surface area (Å²) in [6.45, 7) is 7.32. The minimum Gasteiger partial charge on any atom is -0.464 e. The molecule has 41 heavy (non-hydrogen) atoms. The molecule has 4 rings (SSSR count). The molecule has 0 aliphatic carbocycles. The highest BCUT2D eigenvalue weighted by Crippen LogP contribution is 2.39. The Kier molecular flexibility index (Phi) is 11.9. The first-order chi connectivity index (χ1) is 19.9. The van der Waals surface area contributed by atoms with Gasteiger partial charge in [0.15, 0.2) is 0 Å². The molecule has 1 aromatic carbocycles. The summed E-state index contributed by atoms with van der Waals surface area (Å²) in [7, 11) is 2.06. The molecule has 224 valence electrons. The van der Waals surface area contributed by atoms with Crippen molar-refractivity contribution >= 4 is 45.6 Å². The van der Waals surface area contributed by atoms with Crippen LogP contribution >= 0.6 is 11.3 Å². The predicted octanol–water partition coefficient (Wildman–Crippen LogP) is 6.22. The van der Waals surface area contributed by atoms with Crippen LogP contribution in [0.3, 0.4) is 0 Å². The van der Waals surface area contributed by atoms with Crippen LogP contribution < -0.4 is 10.6 Å². The fraction of sp³-hybridized carbons (Fsp3) is 0.581. The Bertz CT molecular complexity index is 1180. The van der Waals surface area contributed by atoms with E-state index in [0.29, 0.717) is 13.0 Å². The topological polar surface area (TPSA) is 95.5 Å². The molecule has 3 heterocycles. The number of aryl methyl sites for hydroxylation is 1. The van der Waals surface area contributed by atoms with E-state index in [-0.39, 0.29) is 31.8 Å². The van der Waals surface area contributed by atoms with Crippen molar-refractivity contribution < 1.29 is 19.1 Å². The summed E-state index contributed by atoms with van der Waals surface area (Å²) in [5.74, 6) is 0.739. The highest BCUT2D eigenvalue weighted by molar-refractivity contribution is 7.16. The van der Waals surface area contributed by atoms with Crippen LogP contribution in [-0.4, -0.2) is 80.2 Å². The highest BCUT2D eigenvalue weighted by Gasteiger charge is 2.30. The Morgan fingerprint density at radius 2 is 1.88 bits per heavy atom. The van der Waals surface area contributed by atoms with Crippen molar-refractivity contribution in [1.29, 1.82) is 0 Å². The Balaban J connectivity index is 1.20. The normalized spacial score (nSPS) is 16.6. The average Bonchev–Trinajstić information content (AvgIpc) is 3.25. The third-order valence-corrected chi connectivity index (χ3v) is 8.54. The number of carbonyl (C=O) groups excluding carboxylic acids is 2. The Morgan fingerprint density at radius 1 is 1.10 bits per heavy atom. The zero-order chi connectivity index (χ0) is 29.0. The molecule has 1 amide bonds. The lowest BCUT2D eigenvalue weighted by atomic mass is 10.1. The van der Waals surface area contributed by atoms with Crippen LogP contribution in [0.5, 0.6) is 0 Å². The number of esters is 1. The van der Waals surface area contributed by atoms with Crippen molar-refractivity contribution in [3.63, 3.8) is 0 Å². The molecule has 0 bridgehead atoms. The van der Waals surface area contributed by atoms with Crippen LogP contribution in [0.25, 0.3) is 0 Å². The minimum absolute atomic E-state index is 0.0200. The summed E-state index contributed by atoms with van der Waals surface area (Å²) in [6.07, 6.45) is 8.05. The fourth-order valence-corrected chi connectivity index (χ4v) is 6.07. The number of nitrogens with zero attached hydrogens (tertiary/aromatic N) is 3. The zero-order valence-electron chi connectivity index (χ0n) is 24.7. The number of hydrogen-bond acceptors (Lipinski definition) is 9. The van der Waals surface area contributed by atoms with Crippen molar-refractivity contribution in [3.8, 4) is 0 Å². The molecule has 1 aromatic heterocycles. The first-order valence-corrected chi connectivity index (χ1v) is 15.8. The van der Waals surface area contributed by atoms with E-state index in [1.165, 1.54) is 37.0 Å². The number of para-hydroxylation sites is 2. The van der Waals surface area contributed by atoms with E-state index in [0.717, 1.165) is 53.7 Å². The second-order valence-electron chi connectivity index (χ2n) is 10.9. The van der Waals surface area contributed by atoms with Crippen molar-refractivity contribution in [3.05, 3.63) is 40.8 Å². The van der Waals surface area contributed by atoms with Crippen LogP contribution in [0.1, 0.15) is 68.7 Å². The number of thiophene rings is 1. The van der Waals surface area contributed by atoms with E-state index in [1.54, 1.807) is 11.3 Å². The maximum atomic E-state index is 12.4. The molecule has 1 fully saturated rings. The number of unbranched alkanes of at least 4 members (excludes halogenated alkanes) is 6. The van der Waals surface area contributed by atoms with Crippen molar-refractivity contribution in [2.24, 2.45) is 4.99 Å². The number of carbonyl (C=O) groups is 2. The van der Waals surface area contributed by atoms with Gasteiger partial charge in [0.1, 0.15) is 24.1 Å². The lowest BCUT2D eigenvalue weighted by Crippen LogP contribution is -2.55. The number of piperazine rings is 1. The molecule has 1 unspecified atom stereocenters. The number of hydrogen-bond donors (Lipinski definition) is 2. The Hall–Kier alpha value is -3.11. The lowest BCUT2D eigenvalue weighted by Gasteiger charge is -2.40. The fourth-order valence-electron chi connectivity index (χ4n) is 5.15. The van der Waals surface area contributed by atoms with Crippen LogP contribution in [0.15, 0.2) is 35.3 Å². The quantitative estimate of drug-likeness (QED) is 0.214. The standard InChI is InChI=1S/C31H45N5O4S/c1-4-5-6-7-8-9-10-15-28(37)39-19-16-32-31(38)40-22-24-21-36(18-17-35(24)3)29-25-20-23(2)41-30(25)34-27-14-12-11-13-26(27)33-29/h11-14,20,24,34H,4-10,15-19,21-22H2,1-3H3,(H,32,38). The third-order valence-electron chi connectivity index (χ3n) is 7.58. The highest BCUT2D eigenvalue weighted by atomic mass is 32.1. The van der Waals surface area contributed by atoms with Gasteiger partial charge in [-0.1, -0.05) is 57.6 Å². The first kappa shape index (κ1) is 30.8. The monoisotopic (exact) mass is 583 g/mol. The minimum atomic E-state index is -0.501. The van der Waals surface area contributed by atoms with Gasteiger partial charge in [-0.15, -0.1) is 11.3 Å². The molecule has 0 spiro atoms. The molecule has 10 heteroatoms. The number of likely N-dealkylation sites (N-methyl/N-ethyl adjacent to an activating group) is 1. The smallest absolute Gasteiger partial charge is 0.407 e. The third kappa shape index (κ3) is 9.19. The maximum absolute atomic E-state index is 12.4. The number of ether oxygens (including phenoxy) is 2. The van der Waals surface area contributed by atoms with Crippen LogP contribution in [-0.2, 0) is 14.3 Å². The molecule has 1 saturated heterocycles. The Morgan fingerprint density at radius 3 is 2.71 bits per heavy atom. The molecule has 0 saturated carbocycles. The number of alkyl carbamates (subject to hydrolysis) is 1. The Labute approximate surface area is 248 Å². The number of anilines is 2. The van der Waals surface area contributed by atoms with Crippen LogP contribution in [0, 0.1) is 6.92 Å². The largest absolute Gasteiger partial charge is 0.464 e. The summed E-state index contributed by atoms with van der Waals surface area (Å²) < 4.78 is 10.8. The number of amidine groups is 1. The SMILES string of the molecule is CCCCCCCCCC(=O)OCCNC(=O)OCC1CN(C2=Nc3ccccc3Nc3sc(C)cc32)CCN1C. The second kappa shape index (κ2) is 15.8. The van der Waals surface area contributed by atoms with Crippen LogP contribution in [0.2, 0.25) is 0 Å². The van der Waals surface area contributed by atoms with Gasteiger partial charge in [0.25, 0.3) is 0 Å². The molecular weight excluding hydrogens is 538 g/mol. The van der Waals surface area contributed by atoms with Gasteiger partial charge >= 0.3 is 12.1 Å². The van der Waals surface area contributed by atoms with Gasteiger partial charge in [-0.25, -0.2) is 9.79 Å². The van der Waals surface area contributed by atoms with Gasteiger partial charge < -0.3 is 25.0 Å². The van der Waals surface area contributed by atoms with E-state index in [4.69, 9.17) is 14.5 Å². The van der Waals surface area contributed by atoms with E-state index >= 15 is 0 Å². The van der Waals surface area contributed by atoms with Crippen molar-refractivity contribution in [1.82, 2.24) is 15.1 Å². The summed E-state index contributed by atoms with van der Waals surface area (Å²) in [6, 6.07) is 10.3. The number of amides is 1. The number of rotatable bonds is 13. The molecule has 0 radical (unpaired) electrons. The lowest BCUT2D eigenvalue weighted by molar-refractivity contribution is -0.143. The van der Waals surface area contributed by atoms with Gasteiger partial charge in [0, 0.05) is 30.9 Å².